The third kappa shape index (κ3) is 3.00. The third-order valence-corrected chi connectivity index (χ3v) is 3.61. The van der Waals surface area contributed by atoms with Crippen molar-refractivity contribution in [1.29, 1.82) is 0 Å². The molecular weight excluding hydrogens is 324 g/mol. The van der Waals surface area contributed by atoms with Crippen LogP contribution >= 0.6 is 27.5 Å². The fourth-order valence-corrected chi connectivity index (χ4v) is 2.07. The SMILES string of the molecule is Fc1ccc(NCc2cccc(F)c2Br)cc1Cl. The summed E-state index contributed by atoms with van der Waals surface area (Å²) in [5.74, 6) is -0.777. The minimum Gasteiger partial charge on any atom is -0.381 e. The van der Waals surface area contributed by atoms with E-state index in [1.807, 2.05) is 0 Å². The quantitative estimate of drug-likeness (QED) is 0.834. The molecular formula is C13H9BrClF2N. The number of rotatable bonds is 3. The molecule has 1 N–H and O–H groups in total. The van der Waals surface area contributed by atoms with Crippen LogP contribution in [-0.4, -0.2) is 0 Å². The average Bonchev–Trinajstić information content (AvgIpc) is 2.35. The largest absolute Gasteiger partial charge is 0.381 e. The van der Waals surface area contributed by atoms with E-state index in [0.717, 1.165) is 5.56 Å². The summed E-state index contributed by atoms with van der Waals surface area (Å²) in [5, 5.41) is 3.10. The van der Waals surface area contributed by atoms with Crippen molar-refractivity contribution in [3.05, 3.63) is 63.1 Å². The molecule has 0 unspecified atom stereocenters. The minimum atomic E-state index is -0.464. The summed E-state index contributed by atoms with van der Waals surface area (Å²) in [6.07, 6.45) is 0. The second kappa shape index (κ2) is 5.67. The van der Waals surface area contributed by atoms with Gasteiger partial charge in [-0.3, -0.25) is 0 Å². The number of halogens is 4. The standard InChI is InChI=1S/C13H9BrClF2N/c14-13-8(2-1-3-12(13)17)7-18-9-4-5-11(16)10(15)6-9/h1-6,18H,7H2. The monoisotopic (exact) mass is 331 g/mol. The summed E-state index contributed by atoms with van der Waals surface area (Å²) in [5.41, 5.74) is 1.45. The Morgan fingerprint density at radius 1 is 1.11 bits per heavy atom. The summed E-state index contributed by atoms with van der Waals surface area (Å²) in [7, 11) is 0. The van der Waals surface area contributed by atoms with Gasteiger partial charge in [0.05, 0.1) is 9.50 Å². The zero-order valence-electron chi connectivity index (χ0n) is 9.18. The normalized spacial score (nSPS) is 10.4. The molecule has 0 saturated carbocycles. The lowest BCUT2D eigenvalue weighted by molar-refractivity contribution is 0.618. The summed E-state index contributed by atoms with van der Waals surface area (Å²) < 4.78 is 26.7. The molecule has 5 heteroatoms. The Hall–Kier alpha value is -1.13. The molecule has 0 fully saturated rings. The van der Waals surface area contributed by atoms with E-state index in [1.54, 1.807) is 18.2 Å². The van der Waals surface area contributed by atoms with Gasteiger partial charge in [-0.1, -0.05) is 23.7 Å². The molecule has 0 aromatic heterocycles. The molecule has 18 heavy (non-hydrogen) atoms. The molecule has 0 aliphatic heterocycles. The predicted molar refractivity (Wildman–Crippen MR) is 72.8 cm³/mol. The average molecular weight is 333 g/mol. The van der Waals surface area contributed by atoms with E-state index in [1.165, 1.54) is 18.2 Å². The molecule has 0 radical (unpaired) electrons. The lowest BCUT2D eigenvalue weighted by atomic mass is 10.2. The number of benzene rings is 2. The molecule has 0 spiro atoms. The molecule has 0 aliphatic rings. The first-order chi connectivity index (χ1) is 8.58. The first kappa shape index (κ1) is 13.3. The van der Waals surface area contributed by atoms with Crippen molar-refractivity contribution in [2.24, 2.45) is 0 Å². The lowest BCUT2D eigenvalue weighted by Crippen LogP contribution is -2.01. The Balaban J connectivity index is 2.11. The first-order valence-electron chi connectivity index (χ1n) is 5.20. The van der Waals surface area contributed by atoms with Gasteiger partial charge in [-0.15, -0.1) is 0 Å². The van der Waals surface area contributed by atoms with Crippen LogP contribution in [0, 0.1) is 11.6 Å². The molecule has 0 bridgehead atoms. The van der Waals surface area contributed by atoms with E-state index in [0.29, 0.717) is 16.7 Å². The van der Waals surface area contributed by atoms with Gasteiger partial charge in [-0.2, -0.15) is 0 Å². The highest BCUT2D eigenvalue weighted by Crippen LogP contribution is 2.23. The molecule has 0 aliphatic carbocycles. The predicted octanol–water partition coefficient (Wildman–Crippen LogP) is 4.99. The molecule has 1 nitrogen and oxygen atoms in total. The first-order valence-corrected chi connectivity index (χ1v) is 6.37. The molecule has 94 valence electrons. The second-order valence-corrected chi connectivity index (χ2v) is 4.90. The topological polar surface area (TPSA) is 12.0 Å². The van der Waals surface area contributed by atoms with Gasteiger partial charge in [0.15, 0.2) is 0 Å². The zero-order valence-corrected chi connectivity index (χ0v) is 11.5. The molecule has 2 aromatic carbocycles. The molecule has 0 heterocycles. The number of nitrogens with one attached hydrogen (secondary N) is 1. The summed E-state index contributed by atoms with van der Waals surface area (Å²) in [4.78, 5) is 0. The van der Waals surface area contributed by atoms with Gasteiger partial charge in [0, 0.05) is 12.2 Å². The maximum Gasteiger partial charge on any atom is 0.141 e. The van der Waals surface area contributed by atoms with Crippen LogP contribution in [0.2, 0.25) is 5.02 Å². The van der Waals surface area contributed by atoms with Gasteiger partial charge < -0.3 is 5.32 Å². The Morgan fingerprint density at radius 2 is 1.89 bits per heavy atom. The molecule has 2 rings (SSSR count). The van der Waals surface area contributed by atoms with Crippen LogP contribution in [0.5, 0.6) is 0 Å². The van der Waals surface area contributed by atoms with Gasteiger partial charge in [0.25, 0.3) is 0 Å². The van der Waals surface area contributed by atoms with E-state index in [2.05, 4.69) is 21.2 Å². The summed E-state index contributed by atoms with van der Waals surface area (Å²) >= 11 is 8.85. The van der Waals surface area contributed by atoms with Crippen LogP contribution in [0.1, 0.15) is 5.56 Å². The van der Waals surface area contributed by atoms with Gasteiger partial charge in [-0.25, -0.2) is 8.78 Å². The van der Waals surface area contributed by atoms with Crippen molar-refractivity contribution in [2.45, 2.75) is 6.54 Å². The maximum atomic E-state index is 13.3. The summed E-state index contributed by atoms with van der Waals surface area (Å²) in [6.45, 7) is 0.417. The molecule has 0 atom stereocenters. The number of hydrogen-bond donors (Lipinski definition) is 1. The number of anilines is 1. The van der Waals surface area contributed by atoms with Crippen molar-refractivity contribution < 1.29 is 8.78 Å². The van der Waals surface area contributed by atoms with Gasteiger partial charge >= 0.3 is 0 Å². The number of hydrogen-bond acceptors (Lipinski definition) is 1. The van der Waals surface area contributed by atoms with E-state index >= 15 is 0 Å². The van der Waals surface area contributed by atoms with Gasteiger partial charge in [0.2, 0.25) is 0 Å². The van der Waals surface area contributed by atoms with E-state index in [9.17, 15) is 8.78 Å². The van der Waals surface area contributed by atoms with Crippen LogP contribution in [0.15, 0.2) is 40.9 Å². The second-order valence-electron chi connectivity index (χ2n) is 3.70. The Labute approximate surface area is 117 Å². The maximum absolute atomic E-state index is 13.3. The molecule has 0 saturated heterocycles. The van der Waals surface area contributed by atoms with Gasteiger partial charge in [-0.05, 0) is 45.8 Å². The fraction of sp³-hybridized carbons (Fsp3) is 0.0769. The van der Waals surface area contributed by atoms with Crippen LogP contribution in [-0.2, 0) is 6.54 Å². The highest BCUT2D eigenvalue weighted by Gasteiger charge is 2.05. The van der Waals surface area contributed by atoms with Crippen molar-refractivity contribution in [1.82, 2.24) is 0 Å². The van der Waals surface area contributed by atoms with Crippen LogP contribution in [0.4, 0.5) is 14.5 Å². The van der Waals surface area contributed by atoms with Crippen molar-refractivity contribution in [3.8, 4) is 0 Å². The zero-order chi connectivity index (χ0) is 13.1. The van der Waals surface area contributed by atoms with Gasteiger partial charge in [0.1, 0.15) is 11.6 Å². The Morgan fingerprint density at radius 3 is 2.61 bits per heavy atom. The Bertz CT molecular complexity index is 575. The Kier molecular flexibility index (Phi) is 4.19. The highest BCUT2D eigenvalue weighted by molar-refractivity contribution is 9.10. The van der Waals surface area contributed by atoms with E-state index < -0.39 is 5.82 Å². The summed E-state index contributed by atoms with van der Waals surface area (Å²) in [6, 6.07) is 9.16. The highest BCUT2D eigenvalue weighted by atomic mass is 79.9. The van der Waals surface area contributed by atoms with Crippen molar-refractivity contribution in [2.75, 3.05) is 5.32 Å². The smallest absolute Gasteiger partial charge is 0.141 e. The van der Waals surface area contributed by atoms with Crippen molar-refractivity contribution >= 4 is 33.2 Å². The van der Waals surface area contributed by atoms with E-state index in [4.69, 9.17) is 11.6 Å². The third-order valence-electron chi connectivity index (χ3n) is 2.43. The fourth-order valence-electron chi connectivity index (χ4n) is 1.49. The van der Waals surface area contributed by atoms with Crippen LogP contribution in [0.25, 0.3) is 0 Å². The van der Waals surface area contributed by atoms with Crippen LogP contribution < -0.4 is 5.32 Å². The lowest BCUT2D eigenvalue weighted by Gasteiger charge is -2.09. The minimum absolute atomic E-state index is 0.0540. The molecule has 2 aromatic rings. The van der Waals surface area contributed by atoms with E-state index in [-0.39, 0.29) is 10.8 Å². The van der Waals surface area contributed by atoms with Crippen molar-refractivity contribution in [3.63, 3.8) is 0 Å². The molecule has 0 amide bonds. The van der Waals surface area contributed by atoms with Crippen LogP contribution in [0.3, 0.4) is 0 Å².